The van der Waals surface area contributed by atoms with Gasteiger partial charge in [0.05, 0.1) is 37.2 Å². The summed E-state index contributed by atoms with van der Waals surface area (Å²) < 4.78 is 3.84. The number of likely N-dealkylation sites (tertiary alicyclic amines) is 1. The van der Waals surface area contributed by atoms with E-state index in [1.807, 2.05) is 25.1 Å². The number of imidazole rings is 1. The van der Waals surface area contributed by atoms with Crippen LogP contribution in [0.3, 0.4) is 0 Å². The van der Waals surface area contributed by atoms with Gasteiger partial charge in [-0.3, -0.25) is 14.8 Å². The Morgan fingerprint density at radius 2 is 2.00 bits per heavy atom. The third-order valence-electron chi connectivity index (χ3n) is 5.38. The van der Waals surface area contributed by atoms with E-state index >= 15 is 0 Å². The van der Waals surface area contributed by atoms with E-state index in [4.69, 9.17) is 0 Å². The molecule has 7 nitrogen and oxygen atoms in total. The Kier molecular flexibility index (Phi) is 5.20. The molecule has 4 rings (SSSR count). The fraction of sp³-hybridized carbons (Fsp3) is 0.450. The van der Waals surface area contributed by atoms with E-state index in [1.54, 1.807) is 21.8 Å². The molecule has 2 aromatic heterocycles. The van der Waals surface area contributed by atoms with Crippen molar-refractivity contribution in [3.63, 3.8) is 0 Å². The molecule has 142 valence electrons. The van der Waals surface area contributed by atoms with E-state index in [0.29, 0.717) is 18.2 Å². The lowest BCUT2D eigenvalue weighted by atomic mass is 10.1. The minimum atomic E-state index is -0.170. The normalized spacial score (nSPS) is 15.3. The van der Waals surface area contributed by atoms with E-state index in [9.17, 15) is 4.79 Å². The highest BCUT2D eigenvalue weighted by atomic mass is 16.2. The Bertz CT molecular complexity index is 922. The lowest BCUT2D eigenvalue weighted by Gasteiger charge is -2.24. The Morgan fingerprint density at radius 3 is 2.81 bits per heavy atom. The second-order valence-corrected chi connectivity index (χ2v) is 7.12. The van der Waals surface area contributed by atoms with Crippen molar-refractivity contribution in [2.75, 3.05) is 25.0 Å². The number of amides is 1. The number of carbonyl (C=O) groups excluding carboxylic acids is 1. The summed E-state index contributed by atoms with van der Waals surface area (Å²) in [4.78, 5) is 19.1. The molecule has 0 saturated carbocycles. The molecule has 1 saturated heterocycles. The van der Waals surface area contributed by atoms with Gasteiger partial charge in [0.25, 0.3) is 5.91 Å². The van der Waals surface area contributed by atoms with Gasteiger partial charge in [-0.05, 0) is 44.4 Å². The van der Waals surface area contributed by atoms with Crippen LogP contribution >= 0.6 is 0 Å². The summed E-state index contributed by atoms with van der Waals surface area (Å²) in [5.74, 6) is 0.442. The van der Waals surface area contributed by atoms with Crippen LogP contribution in [0.5, 0.6) is 0 Å². The van der Waals surface area contributed by atoms with Crippen LogP contribution in [-0.2, 0) is 13.1 Å². The number of rotatable bonds is 6. The van der Waals surface area contributed by atoms with Gasteiger partial charge in [-0.2, -0.15) is 5.10 Å². The molecular weight excluding hydrogens is 340 g/mol. The molecule has 2 N–H and O–H groups in total. The van der Waals surface area contributed by atoms with Gasteiger partial charge in [0, 0.05) is 12.7 Å². The summed E-state index contributed by atoms with van der Waals surface area (Å²) in [5.41, 5.74) is 2.52. The lowest BCUT2D eigenvalue weighted by Crippen LogP contribution is -3.13. The maximum Gasteiger partial charge on any atom is 0.276 e. The molecular formula is C20H27N6O+. The lowest BCUT2D eigenvalue weighted by molar-refractivity contribution is -0.905. The molecule has 0 aliphatic carbocycles. The number of aromatic nitrogens is 4. The fourth-order valence-corrected chi connectivity index (χ4v) is 3.91. The summed E-state index contributed by atoms with van der Waals surface area (Å²) in [6.45, 7) is 7.01. The van der Waals surface area contributed by atoms with Crippen molar-refractivity contribution in [2.24, 2.45) is 0 Å². The molecule has 1 fully saturated rings. The SMILES string of the molecule is CCn1nccc1C(=O)Nc1nc2ccccc2n1CC[NH+]1CCCCC1. The average molecular weight is 367 g/mol. The van der Waals surface area contributed by atoms with Crippen molar-refractivity contribution in [3.05, 3.63) is 42.2 Å². The predicted octanol–water partition coefficient (Wildman–Crippen LogP) is 1.57. The molecule has 1 aliphatic rings. The molecule has 27 heavy (non-hydrogen) atoms. The Hall–Kier alpha value is -2.67. The molecule has 0 bridgehead atoms. The largest absolute Gasteiger partial charge is 0.333 e. The van der Waals surface area contributed by atoms with Crippen LogP contribution in [0.1, 0.15) is 36.7 Å². The van der Waals surface area contributed by atoms with Gasteiger partial charge in [-0.15, -0.1) is 0 Å². The number of para-hydroxylation sites is 2. The highest BCUT2D eigenvalue weighted by Gasteiger charge is 2.19. The molecule has 0 atom stereocenters. The third-order valence-corrected chi connectivity index (χ3v) is 5.38. The molecule has 3 heterocycles. The first kappa shape index (κ1) is 17.7. The number of anilines is 1. The number of fused-ring (bicyclic) bond motifs is 1. The van der Waals surface area contributed by atoms with Crippen molar-refractivity contribution in [3.8, 4) is 0 Å². The van der Waals surface area contributed by atoms with Crippen molar-refractivity contribution < 1.29 is 9.69 Å². The van der Waals surface area contributed by atoms with Gasteiger partial charge in [0.2, 0.25) is 5.95 Å². The quantitative estimate of drug-likeness (QED) is 0.695. The first-order valence-corrected chi connectivity index (χ1v) is 9.88. The smallest absolute Gasteiger partial charge is 0.276 e. The van der Waals surface area contributed by atoms with Crippen LogP contribution in [-0.4, -0.2) is 44.9 Å². The van der Waals surface area contributed by atoms with Gasteiger partial charge in [0.15, 0.2) is 0 Å². The second kappa shape index (κ2) is 7.92. The van der Waals surface area contributed by atoms with Crippen LogP contribution < -0.4 is 10.2 Å². The summed E-state index contributed by atoms with van der Waals surface area (Å²) in [5, 5.41) is 7.19. The fourth-order valence-electron chi connectivity index (χ4n) is 3.91. The summed E-state index contributed by atoms with van der Waals surface area (Å²) in [6, 6.07) is 9.80. The number of nitrogens with one attached hydrogen (secondary N) is 2. The predicted molar refractivity (Wildman–Crippen MR) is 105 cm³/mol. The van der Waals surface area contributed by atoms with Crippen molar-refractivity contribution in [2.45, 2.75) is 39.3 Å². The van der Waals surface area contributed by atoms with Crippen molar-refractivity contribution >= 4 is 22.9 Å². The van der Waals surface area contributed by atoms with Crippen LogP contribution in [0, 0.1) is 0 Å². The van der Waals surface area contributed by atoms with Crippen LogP contribution in [0.4, 0.5) is 5.95 Å². The van der Waals surface area contributed by atoms with E-state index in [1.165, 1.54) is 32.4 Å². The molecule has 0 unspecified atom stereocenters. The van der Waals surface area contributed by atoms with Gasteiger partial charge >= 0.3 is 0 Å². The number of carbonyl (C=O) groups is 1. The zero-order valence-electron chi connectivity index (χ0n) is 15.8. The van der Waals surface area contributed by atoms with Crippen LogP contribution in [0.2, 0.25) is 0 Å². The molecule has 0 spiro atoms. The van der Waals surface area contributed by atoms with Gasteiger partial charge in [0.1, 0.15) is 5.69 Å². The van der Waals surface area contributed by atoms with E-state index < -0.39 is 0 Å². The van der Waals surface area contributed by atoms with Crippen molar-refractivity contribution in [1.82, 2.24) is 19.3 Å². The Balaban J connectivity index is 1.58. The maximum absolute atomic E-state index is 12.8. The van der Waals surface area contributed by atoms with E-state index in [-0.39, 0.29) is 5.91 Å². The van der Waals surface area contributed by atoms with Crippen molar-refractivity contribution in [1.29, 1.82) is 0 Å². The Labute approximate surface area is 159 Å². The summed E-state index contributed by atoms with van der Waals surface area (Å²) >= 11 is 0. The number of piperidine rings is 1. The Morgan fingerprint density at radius 1 is 1.19 bits per heavy atom. The second-order valence-electron chi connectivity index (χ2n) is 7.12. The molecule has 1 aliphatic heterocycles. The number of aryl methyl sites for hydroxylation is 1. The van der Waals surface area contributed by atoms with Gasteiger partial charge in [-0.25, -0.2) is 4.98 Å². The van der Waals surface area contributed by atoms with E-state index in [0.717, 1.165) is 24.1 Å². The van der Waals surface area contributed by atoms with Crippen LogP contribution in [0.25, 0.3) is 11.0 Å². The topological polar surface area (TPSA) is 69.2 Å². The third kappa shape index (κ3) is 3.73. The van der Waals surface area contributed by atoms with Gasteiger partial charge in [-0.1, -0.05) is 12.1 Å². The molecule has 1 aromatic carbocycles. The molecule has 7 heteroatoms. The number of nitrogens with zero attached hydrogens (tertiary/aromatic N) is 4. The summed E-state index contributed by atoms with van der Waals surface area (Å²) in [6.07, 6.45) is 5.63. The first-order valence-electron chi connectivity index (χ1n) is 9.88. The highest BCUT2D eigenvalue weighted by molar-refractivity contribution is 6.02. The number of quaternary nitrogens is 1. The van der Waals surface area contributed by atoms with E-state index in [2.05, 4.69) is 26.0 Å². The number of hydrogen-bond donors (Lipinski definition) is 2. The minimum Gasteiger partial charge on any atom is -0.333 e. The molecule has 3 aromatic rings. The standard InChI is InChI=1S/C20H26N6O/c1-2-26-18(10-11-21-26)19(27)23-20-22-16-8-4-5-9-17(16)25(20)15-14-24-12-6-3-7-13-24/h4-5,8-11H,2-3,6-7,12-15H2,1H3,(H,22,23,27)/p+1. The monoisotopic (exact) mass is 367 g/mol. The molecule has 1 amide bonds. The van der Waals surface area contributed by atoms with Crippen LogP contribution in [0.15, 0.2) is 36.5 Å². The summed E-state index contributed by atoms with van der Waals surface area (Å²) in [7, 11) is 0. The van der Waals surface area contributed by atoms with Gasteiger partial charge < -0.3 is 9.47 Å². The number of hydrogen-bond acceptors (Lipinski definition) is 3. The highest BCUT2D eigenvalue weighted by Crippen LogP contribution is 2.20. The molecule has 0 radical (unpaired) electrons. The maximum atomic E-state index is 12.8. The minimum absolute atomic E-state index is 0.170. The zero-order valence-corrected chi connectivity index (χ0v) is 15.8. The average Bonchev–Trinajstić information content (AvgIpc) is 3.31. The number of benzene rings is 1. The first-order chi connectivity index (χ1) is 13.3. The zero-order chi connectivity index (χ0) is 18.6.